The minimum atomic E-state index is -4.15. The third kappa shape index (κ3) is 3.91. The van der Waals surface area contributed by atoms with Gasteiger partial charge in [-0.2, -0.15) is 0 Å². The molecule has 3 rings (SSSR count). The van der Waals surface area contributed by atoms with Gasteiger partial charge in [0.25, 0.3) is 0 Å². The molecule has 7 nitrogen and oxygen atoms in total. The van der Waals surface area contributed by atoms with Gasteiger partial charge in [0, 0.05) is 17.8 Å². The lowest BCUT2D eigenvalue weighted by Crippen LogP contribution is -2.33. The molecule has 2 atom stereocenters. The first kappa shape index (κ1) is 19.2. The summed E-state index contributed by atoms with van der Waals surface area (Å²) in [5.74, 6) is -1.20. The number of nitrogens with one attached hydrogen (secondary N) is 1. The standard InChI is InChI=1S/C19H23N3O4S/c1-12-8-9-13(2)22(12)16-10-14(19(23)24)11-17(27(20,25)26)18(16)21-15-6-4-3-5-7-15/h3-7,10-13,21H,8-9H2,1-2H3,(H,23,24)(H2,20,25,26). The zero-order chi connectivity index (χ0) is 19.8. The van der Waals surface area contributed by atoms with Crippen LogP contribution in [0.15, 0.2) is 47.4 Å². The number of para-hydroxylation sites is 1. The predicted octanol–water partition coefficient (Wildman–Crippen LogP) is 3.15. The van der Waals surface area contributed by atoms with E-state index >= 15 is 0 Å². The van der Waals surface area contributed by atoms with Crippen molar-refractivity contribution in [1.82, 2.24) is 0 Å². The van der Waals surface area contributed by atoms with Gasteiger partial charge in [0.1, 0.15) is 4.90 Å². The zero-order valence-corrected chi connectivity index (χ0v) is 16.0. The Morgan fingerprint density at radius 1 is 1.15 bits per heavy atom. The van der Waals surface area contributed by atoms with Crippen LogP contribution in [0.25, 0.3) is 0 Å². The van der Waals surface area contributed by atoms with E-state index in [-0.39, 0.29) is 22.5 Å². The van der Waals surface area contributed by atoms with Gasteiger partial charge >= 0.3 is 5.97 Å². The molecular weight excluding hydrogens is 366 g/mol. The highest BCUT2D eigenvalue weighted by molar-refractivity contribution is 7.89. The van der Waals surface area contributed by atoms with Crippen LogP contribution in [0, 0.1) is 0 Å². The number of carboxylic acids is 1. The molecule has 2 aromatic carbocycles. The molecule has 2 aromatic rings. The van der Waals surface area contributed by atoms with Crippen molar-refractivity contribution in [3.63, 3.8) is 0 Å². The number of primary sulfonamides is 1. The highest BCUT2D eigenvalue weighted by Crippen LogP contribution is 2.41. The van der Waals surface area contributed by atoms with E-state index in [1.807, 2.05) is 32.0 Å². The van der Waals surface area contributed by atoms with Crippen molar-refractivity contribution in [3.05, 3.63) is 48.0 Å². The van der Waals surface area contributed by atoms with E-state index < -0.39 is 16.0 Å². The summed E-state index contributed by atoms with van der Waals surface area (Å²) in [5.41, 5.74) is 1.40. The Labute approximate surface area is 158 Å². The number of carboxylic acid groups (broad SMARTS) is 1. The van der Waals surface area contributed by atoms with Gasteiger partial charge in [-0.25, -0.2) is 18.4 Å². The number of aromatic carboxylic acids is 1. The Hall–Kier alpha value is -2.58. The maximum absolute atomic E-state index is 12.3. The van der Waals surface area contributed by atoms with E-state index in [9.17, 15) is 18.3 Å². The second-order valence-corrected chi connectivity index (χ2v) is 8.42. The molecule has 0 amide bonds. The number of nitrogens with zero attached hydrogens (tertiary/aromatic N) is 1. The van der Waals surface area contributed by atoms with Gasteiger partial charge < -0.3 is 15.3 Å². The van der Waals surface area contributed by atoms with Gasteiger partial charge in [0.05, 0.1) is 16.9 Å². The van der Waals surface area contributed by atoms with Crippen LogP contribution in [-0.4, -0.2) is 31.6 Å². The molecule has 1 aliphatic rings. The maximum atomic E-state index is 12.3. The number of carbonyl (C=O) groups is 1. The van der Waals surface area contributed by atoms with Crippen molar-refractivity contribution in [2.45, 2.75) is 43.7 Å². The molecule has 8 heteroatoms. The van der Waals surface area contributed by atoms with Crippen molar-refractivity contribution in [1.29, 1.82) is 0 Å². The topological polar surface area (TPSA) is 113 Å². The van der Waals surface area contributed by atoms with Crippen LogP contribution < -0.4 is 15.4 Å². The molecule has 0 bridgehead atoms. The van der Waals surface area contributed by atoms with E-state index in [1.165, 1.54) is 6.07 Å². The Morgan fingerprint density at radius 3 is 2.26 bits per heavy atom. The molecule has 4 N–H and O–H groups in total. The lowest BCUT2D eigenvalue weighted by Gasteiger charge is -2.32. The number of rotatable bonds is 5. The van der Waals surface area contributed by atoms with E-state index in [0.29, 0.717) is 17.1 Å². The summed E-state index contributed by atoms with van der Waals surface area (Å²) in [6, 6.07) is 12.0. The number of hydrogen-bond donors (Lipinski definition) is 3. The molecule has 27 heavy (non-hydrogen) atoms. The van der Waals surface area contributed by atoms with Crippen molar-refractivity contribution in [2.24, 2.45) is 5.14 Å². The maximum Gasteiger partial charge on any atom is 0.335 e. The van der Waals surface area contributed by atoms with Crippen LogP contribution in [-0.2, 0) is 10.0 Å². The predicted molar refractivity (Wildman–Crippen MR) is 105 cm³/mol. The average molecular weight is 389 g/mol. The normalized spacial score (nSPS) is 19.9. The smallest absolute Gasteiger partial charge is 0.335 e. The van der Waals surface area contributed by atoms with Gasteiger partial charge in [0.2, 0.25) is 10.0 Å². The zero-order valence-electron chi connectivity index (χ0n) is 15.2. The fourth-order valence-corrected chi connectivity index (χ4v) is 4.34. The lowest BCUT2D eigenvalue weighted by molar-refractivity contribution is 0.0696. The second kappa shape index (κ2) is 7.21. The Morgan fingerprint density at radius 2 is 1.74 bits per heavy atom. The minimum absolute atomic E-state index is 0.112. The van der Waals surface area contributed by atoms with Gasteiger partial charge in [-0.15, -0.1) is 0 Å². The average Bonchev–Trinajstić information content (AvgIpc) is 2.93. The largest absolute Gasteiger partial charge is 0.478 e. The number of nitrogens with two attached hydrogens (primary N) is 1. The Kier molecular flexibility index (Phi) is 5.12. The van der Waals surface area contributed by atoms with Gasteiger partial charge in [0.15, 0.2) is 0 Å². The molecule has 1 heterocycles. The number of benzene rings is 2. The number of hydrogen-bond acceptors (Lipinski definition) is 5. The summed E-state index contributed by atoms with van der Waals surface area (Å²) in [7, 11) is -4.15. The summed E-state index contributed by atoms with van der Waals surface area (Å²) < 4.78 is 24.6. The molecule has 0 spiro atoms. The molecule has 0 radical (unpaired) electrons. The summed E-state index contributed by atoms with van der Waals surface area (Å²) in [6.07, 6.45) is 1.88. The highest BCUT2D eigenvalue weighted by Gasteiger charge is 2.32. The molecular formula is C19H23N3O4S. The van der Waals surface area contributed by atoms with Gasteiger partial charge in [-0.3, -0.25) is 0 Å². The van der Waals surface area contributed by atoms with Crippen LogP contribution in [0.1, 0.15) is 37.0 Å². The van der Waals surface area contributed by atoms with Crippen molar-refractivity contribution in [3.8, 4) is 0 Å². The molecule has 0 saturated carbocycles. The quantitative estimate of drug-likeness (QED) is 0.724. The van der Waals surface area contributed by atoms with Crippen LogP contribution in [0.4, 0.5) is 17.1 Å². The van der Waals surface area contributed by atoms with Gasteiger partial charge in [-0.05, 0) is 51.0 Å². The molecule has 0 aromatic heterocycles. The second-order valence-electron chi connectivity index (χ2n) is 6.89. The third-order valence-corrected chi connectivity index (χ3v) is 5.84. The summed E-state index contributed by atoms with van der Waals surface area (Å²) >= 11 is 0. The first-order valence-corrected chi connectivity index (χ1v) is 10.3. The number of sulfonamides is 1. The minimum Gasteiger partial charge on any atom is -0.478 e. The number of anilines is 3. The van der Waals surface area contributed by atoms with Crippen molar-refractivity contribution >= 4 is 33.1 Å². The van der Waals surface area contributed by atoms with E-state index in [4.69, 9.17) is 5.14 Å². The summed E-state index contributed by atoms with van der Waals surface area (Å²) in [5, 5.41) is 18.1. The fourth-order valence-electron chi connectivity index (χ4n) is 3.61. The van der Waals surface area contributed by atoms with Crippen LogP contribution in [0.2, 0.25) is 0 Å². The molecule has 2 unspecified atom stereocenters. The van der Waals surface area contributed by atoms with Crippen LogP contribution in [0.3, 0.4) is 0 Å². The third-order valence-electron chi connectivity index (χ3n) is 4.91. The Bertz CT molecular complexity index is 950. The Balaban J connectivity index is 2.27. The SMILES string of the molecule is CC1CCC(C)N1c1cc(C(=O)O)cc(S(N)(=O)=O)c1Nc1ccccc1. The van der Waals surface area contributed by atoms with E-state index in [0.717, 1.165) is 18.9 Å². The molecule has 1 saturated heterocycles. The summed E-state index contributed by atoms with van der Waals surface area (Å²) in [6.45, 7) is 4.08. The van der Waals surface area contributed by atoms with Crippen LogP contribution in [0.5, 0.6) is 0 Å². The van der Waals surface area contributed by atoms with Crippen molar-refractivity contribution in [2.75, 3.05) is 10.2 Å². The molecule has 1 fully saturated rings. The fraction of sp³-hybridized carbons (Fsp3) is 0.316. The molecule has 144 valence electrons. The first-order chi connectivity index (χ1) is 12.7. The summed E-state index contributed by atoms with van der Waals surface area (Å²) in [4.78, 5) is 13.4. The first-order valence-electron chi connectivity index (χ1n) is 8.73. The van der Waals surface area contributed by atoms with E-state index in [1.54, 1.807) is 12.1 Å². The monoisotopic (exact) mass is 389 g/mol. The molecule has 1 aliphatic heterocycles. The van der Waals surface area contributed by atoms with Crippen molar-refractivity contribution < 1.29 is 18.3 Å². The van der Waals surface area contributed by atoms with Crippen LogP contribution >= 0.6 is 0 Å². The lowest BCUT2D eigenvalue weighted by atomic mass is 10.1. The van der Waals surface area contributed by atoms with Gasteiger partial charge in [-0.1, -0.05) is 18.2 Å². The van der Waals surface area contributed by atoms with E-state index in [2.05, 4.69) is 10.2 Å². The highest BCUT2D eigenvalue weighted by atomic mass is 32.2. The molecule has 0 aliphatic carbocycles.